The molecule has 0 spiro atoms. The lowest BCUT2D eigenvalue weighted by molar-refractivity contribution is 0.407. The Kier molecular flexibility index (Phi) is 3.89. The van der Waals surface area contributed by atoms with Crippen molar-refractivity contribution in [2.24, 2.45) is 0 Å². The smallest absolute Gasteiger partial charge is 0.230 e. The van der Waals surface area contributed by atoms with E-state index in [1.165, 1.54) is 0 Å². The van der Waals surface area contributed by atoms with Gasteiger partial charge in [0, 0.05) is 5.92 Å². The molecule has 0 aromatic carbocycles. The zero-order chi connectivity index (χ0) is 9.68. The fourth-order valence-electron chi connectivity index (χ4n) is 1.24. The first-order valence-electron chi connectivity index (χ1n) is 4.74. The molecular formula is C9H17N3O. The maximum Gasteiger partial charge on any atom is 0.230 e. The van der Waals surface area contributed by atoms with Crippen LogP contribution in [0.5, 0.6) is 0 Å². The fourth-order valence-corrected chi connectivity index (χ4v) is 1.24. The molecule has 0 radical (unpaired) electrons. The second kappa shape index (κ2) is 4.97. The van der Waals surface area contributed by atoms with E-state index >= 15 is 0 Å². The van der Waals surface area contributed by atoms with Gasteiger partial charge in [-0.2, -0.15) is 0 Å². The summed E-state index contributed by atoms with van der Waals surface area (Å²) in [7, 11) is 1.86. The van der Waals surface area contributed by atoms with Crippen molar-refractivity contribution >= 4 is 0 Å². The summed E-state index contributed by atoms with van der Waals surface area (Å²) in [4.78, 5) is 0. The van der Waals surface area contributed by atoms with Crippen LogP contribution >= 0.6 is 0 Å². The van der Waals surface area contributed by atoms with E-state index < -0.39 is 0 Å². The van der Waals surface area contributed by atoms with E-state index in [2.05, 4.69) is 29.4 Å². The first-order chi connectivity index (χ1) is 6.27. The van der Waals surface area contributed by atoms with Gasteiger partial charge in [-0.1, -0.05) is 20.3 Å². The lowest BCUT2D eigenvalue weighted by Gasteiger charge is -2.02. The van der Waals surface area contributed by atoms with E-state index in [0.717, 1.165) is 18.7 Å². The molecule has 1 aromatic heterocycles. The summed E-state index contributed by atoms with van der Waals surface area (Å²) in [5, 5.41) is 10.9. The van der Waals surface area contributed by atoms with Crippen LogP contribution in [0.4, 0.5) is 0 Å². The summed E-state index contributed by atoms with van der Waals surface area (Å²) in [6.45, 7) is 4.91. The number of aromatic nitrogens is 2. The van der Waals surface area contributed by atoms with Crippen LogP contribution in [-0.2, 0) is 6.54 Å². The van der Waals surface area contributed by atoms with Crippen LogP contribution in [0.1, 0.15) is 44.4 Å². The minimum absolute atomic E-state index is 0.378. The molecule has 0 saturated heterocycles. The molecule has 74 valence electrons. The number of nitrogens with one attached hydrogen (secondary N) is 1. The second-order valence-corrected chi connectivity index (χ2v) is 3.25. The maximum absolute atomic E-state index is 5.45. The molecule has 0 bridgehead atoms. The fraction of sp³-hybridized carbons (Fsp3) is 0.778. The molecule has 13 heavy (non-hydrogen) atoms. The number of hydrogen-bond donors (Lipinski definition) is 1. The molecule has 0 fully saturated rings. The average molecular weight is 183 g/mol. The van der Waals surface area contributed by atoms with Crippen LogP contribution in [0.3, 0.4) is 0 Å². The molecule has 1 atom stereocenters. The zero-order valence-corrected chi connectivity index (χ0v) is 8.50. The zero-order valence-electron chi connectivity index (χ0n) is 8.50. The van der Waals surface area contributed by atoms with Crippen LogP contribution in [0.25, 0.3) is 0 Å². The van der Waals surface area contributed by atoms with Gasteiger partial charge in [0.25, 0.3) is 0 Å². The summed E-state index contributed by atoms with van der Waals surface area (Å²) >= 11 is 0. The molecule has 4 heteroatoms. The van der Waals surface area contributed by atoms with Gasteiger partial charge < -0.3 is 9.73 Å². The van der Waals surface area contributed by atoms with Gasteiger partial charge in [-0.25, -0.2) is 0 Å². The molecule has 4 nitrogen and oxygen atoms in total. The predicted molar refractivity (Wildman–Crippen MR) is 50.4 cm³/mol. The number of hydrogen-bond acceptors (Lipinski definition) is 4. The van der Waals surface area contributed by atoms with Crippen molar-refractivity contribution in [1.82, 2.24) is 15.5 Å². The lowest BCUT2D eigenvalue weighted by Crippen LogP contribution is -2.04. The highest BCUT2D eigenvalue weighted by Gasteiger charge is 2.12. The van der Waals surface area contributed by atoms with Crippen molar-refractivity contribution in [1.29, 1.82) is 0 Å². The van der Waals surface area contributed by atoms with Crippen molar-refractivity contribution in [3.63, 3.8) is 0 Å². The Bertz CT molecular complexity index is 247. The van der Waals surface area contributed by atoms with Gasteiger partial charge in [-0.05, 0) is 13.5 Å². The minimum atomic E-state index is 0.378. The van der Waals surface area contributed by atoms with Crippen LogP contribution in [0.2, 0.25) is 0 Å². The Morgan fingerprint density at radius 2 is 2.23 bits per heavy atom. The van der Waals surface area contributed by atoms with Gasteiger partial charge in [0.1, 0.15) is 0 Å². The van der Waals surface area contributed by atoms with E-state index in [-0.39, 0.29) is 0 Å². The van der Waals surface area contributed by atoms with E-state index in [9.17, 15) is 0 Å². The molecule has 1 heterocycles. The van der Waals surface area contributed by atoms with Crippen molar-refractivity contribution in [2.45, 2.75) is 39.2 Å². The second-order valence-electron chi connectivity index (χ2n) is 3.25. The predicted octanol–water partition coefficient (Wildman–Crippen LogP) is 1.69. The summed E-state index contributed by atoms with van der Waals surface area (Å²) < 4.78 is 5.45. The molecule has 1 rings (SSSR count). The normalized spacial score (nSPS) is 13.2. The lowest BCUT2D eigenvalue weighted by atomic mass is 10.1. The third-order valence-corrected chi connectivity index (χ3v) is 1.95. The van der Waals surface area contributed by atoms with Crippen LogP contribution in [0.15, 0.2) is 4.42 Å². The van der Waals surface area contributed by atoms with Crippen LogP contribution in [0, 0.1) is 0 Å². The average Bonchev–Trinajstić information content (AvgIpc) is 2.54. The Labute approximate surface area is 78.7 Å². The molecule has 0 saturated carbocycles. The van der Waals surface area contributed by atoms with Crippen molar-refractivity contribution in [2.75, 3.05) is 7.05 Å². The van der Waals surface area contributed by atoms with Gasteiger partial charge in [0.05, 0.1) is 6.54 Å². The van der Waals surface area contributed by atoms with Crippen LogP contribution < -0.4 is 5.32 Å². The van der Waals surface area contributed by atoms with Gasteiger partial charge in [-0.15, -0.1) is 10.2 Å². The third-order valence-electron chi connectivity index (χ3n) is 1.95. The molecule has 0 aliphatic carbocycles. The number of rotatable bonds is 5. The maximum atomic E-state index is 5.45. The van der Waals surface area contributed by atoms with Crippen LogP contribution in [-0.4, -0.2) is 17.2 Å². The Morgan fingerprint density at radius 3 is 2.85 bits per heavy atom. The highest BCUT2D eigenvalue weighted by atomic mass is 16.4. The largest absolute Gasteiger partial charge is 0.424 e. The molecule has 0 aliphatic heterocycles. The summed E-state index contributed by atoms with van der Waals surface area (Å²) in [5.74, 6) is 1.80. The summed E-state index contributed by atoms with van der Waals surface area (Å²) in [6, 6.07) is 0. The van der Waals surface area contributed by atoms with Crippen molar-refractivity contribution in [3.8, 4) is 0 Å². The molecule has 1 unspecified atom stereocenters. The summed E-state index contributed by atoms with van der Waals surface area (Å²) in [5.41, 5.74) is 0. The Hall–Kier alpha value is -0.900. The first-order valence-corrected chi connectivity index (χ1v) is 4.74. The first kappa shape index (κ1) is 10.2. The highest BCUT2D eigenvalue weighted by Crippen LogP contribution is 2.18. The van der Waals surface area contributed by atoms with Gasteiger partial charge in [-0.3, -0.25) is 0 Å². The van der Waals surface area contributed by atoms with Crippen molar-refractivity contribution < 1.29 is 4.42 Å². The standard InChI is InChI=1S/C9H17N3O/c1-4-5-7(2)9-12-11-8(13-9)6-10-3/h7,10H,4-6H2,1-3H3. The minimum Gasteiger partial charge on any atom is -0.424 e. The highest BCUT2D eigenvalue weighted by molar-refractivity contribution is 4.88. The Morgan fingerprint density at radius 1 is 1.46 bits per heavy atom. The quantitative estimate of drug-likeness (QED) is 0.754. The van der Waals surface area contributed by atoms with E-state index in [4.69, 9.17) is 4.42 Å². The topological polar surface area (TPSA) is 51.0 Å². The molecule has 1 aromatic rings. The summed E-state index contributed by atoms with van der Waals surface area (Å²) in [6.07, 6.45) is 2.24. The van der Waals surface area contributed by atoms with E-state index in [0.29, 0.717) is 18.4 Å². The number of nitrogens with zero attached hydrogens (tertiary/aromatic N) is 2. The molecule has 1 N–H and O–H groups in total. The molecule has 0 amide bonds. The Balaban J connectivity index is 2.56. The van der Waals surface area contributed by atoms with E-state index in [1.807, 2.05) is 7.05 Å². The molecule has 0 aliphatic rings. The monoisotopic (exact) mass is 183 g/mol. The van der Waals surface area contributed by atoms with Gasteiger partial charge in [0.2, 0.25) is 11.8 Å². The van der Waals surface area contributed by atoms with Crippen molar-refractivity contribution in [3.05, 3.63) is 11.8 Å². The van der Waals surface area contributed by atoms with Gasteiger partial charge >= 0.3 is 0 Å². The van der Waals surface area contributed by atoms with Gasteiger partial charge in [0.15, 0.2) is 0 Å². The van der Waals surface area contributed by atoms with E-state index in [1.54, 1.807) is 0 Å². The third kappa shape index (κ3) is 2.81. The molecular weight excluding hydrogens is 166 g/mol. The SMILES string of the molecule is CCCC(C)c1nnc(CNC)o1.